The van der Waals surface area contributed by atoms with Gasteiger partial charge in [0.05, 0.1) is 6.10 Å². The van der Waals surface area contributed by atoms with E-state index in [2.05, 4.69) is 19.2 Å². The first-order valence-corrected chi connectivity index (χ1v) is 7.13. The SMILES string of the molecule is CC(C)C(NC1CC1)C(O)c1ccc(Cl)cc1Cl. The highest BCUT2D eigenvalue weighted by molar-refractivity contribution is 6.35. The van der Waals surface area contributed by atoms with Crippen LogP contribution in [0.1, 0.15) is 38.4 Å². The van der Waals surface area contributed by atoms with Gasteiger partial charge in [0.15, 0.2) is 0 Å². The molecule has 0 radical (unpaired) electrons. The van der Waals surface area contributed by atoms with Gasteiger partial charge in [-0.2, -0.15) is 0 Å². The summed E-state index contributed by atoms with van der Waals surface area (Å²) in [6, 6.07) is 5.82. The van der Waals surface area contributed by atoms with Crippen LogP contribution in [0.25, 0.3) is 0 Å². The van der Waals surface area contributed by atoms with Crippen LogP contribution in [0.15, 0.2) is 18.2 Å². The molecule has 0 aliphatic heterocycles. The molecule has 1 aromatic carbocycles. The van der Waals surface area contributed by atoms with Crippen molar-refractivity contribution in [1.82, 2.24) is 5.32 Å². The lowest BCUT2D eigenvalue weighted by Gasteiger charge is -2.28. The molecule has 100 valence electrons. The molecule has 2 rings (SSSR count). The van der Waals surface area contributed by atoms with Gasteiger partial charge < -0.3 is 10.4 Å². The third-order valence-corrected chi connectivity index (χ3v) is 3.91. The maximum absolute atomic E-state index is 10.5. The maximum atomic E-state index is 10.5. The van der Waals surface area contributed by atoms with Crippen molar-refractivity contribution >= 4 is 23.2 Å². The van der Waals surface area contributed by atoms with Gasteiger partial charge in [-0.25, -0.2) is 0 Å². The lowest BCUT2D eigenvalue weighted by molar-refractivity contribution is 0.104. The smallest absolute Gasteiger partial charge is 0.0959 e. The summed E-state index contributed by atoms with van der Waals surface area (Å²) >= 11 is 12.0. The third-order valence-electron chi connectivity index (χ3n) is 3.35. The minimum Gasteiger partial charge on any atom is -0.387 e. The average Bonchev–Trinajstić information content (AvgIpc) is 3.08. The first kappa shape index (κ1) is 14.1. The summed E-state index contributed by atoms with van der Waals surface area (Å²) in [6.07, 6.45) is 1.80. The number of hydrogen-bond donors (Lipinski definition) is 2. The Balaban J connectivity index is 2.17. The summed E-state index contributed by atoms with van der Waals surface area (Å²) < 4.78 is 0. The molecule has 1 aromatic rings. The summed E-state index contributed by atoms with van der Waals surface area (Å²) in [4.78, 5) is 0. The number of rotatable bonds is 5. The Labute approximate surface area is 118 Å². The van der Waals surface area contributed by atoms with Gasteiger partial charge in [-0.1, -0.05) is 43.1 Å². The molecule has 1 aliphatic rings. The Kier molecular flexibility index (Phi) is 4.54. The Bertz CT molecular complexity index is 418. The summed E-state index contributed by atoms with van der Waals surface area (Å²) in [7, 11) is 0. The number of halogens is 2. The first-order valence-electron chi connectivity index (χ1n) is 6.38. The second-order valence-electron chi connectivity index (χ2n) is 5.32. The van der Waals surface area contributed by atoms with Gasteiger partial charge in [0.25, 0.3) is 0 Å². The lowest BCUT2D eigenvalue weighted by atomic mass is 9.93. The van der Waals surface area contributed by atoms with Gasteiger partial charge in [-0.05, 0) is 30.9 Å². The van der Waals surface area contributed by atoms with Crippen LogP contribution < -0.4 is 5.32 Å². The second kappa shape index (κ2) is 5.79. The van der Waals surface area contributed by atoms with Crippen molar-refractivity contribution in [3.63, 3.8) is 0 Å². The molecule has 18 heavy (non-hydrogen) atoms. The molecule has 0 amide bonds. The highest BCUT2D eigenvalue weighted by Gasteiger charge is 2.31. The van der Waals surface area contributed by atoms with Crippen LogP contribution in [0, 0.1) is 5.92 Å². The van der Waals surface area contributed by atoms with E-state index in [1.807, 2.05) is 0 Å². The van der Waals surface area contributed by atoms with E-state index in [1.165, 1.54) is 12.8 Å². The van der Waals surface area contributed by atoms with Crippen molar-refractivity contribution in [1.29, 1.82) is 0 Å². The number of hydrogen-bond acceptors (Lipinski definition) is 2. The van der Waals surface area contributed by atoms with Crippen LogP contribution in [0.4, 0.5) is 0 Å². The van der Waals surface area contributed by atoms with E-state index in [1.54, 1.807) is 18.2 Å². The standard InChI is InChI=1S/C14H19Cl2NO/c1-8(2)13(17-10-4-5-10)14(18)11-6-3-9(15)7-12(11)16/h3,6-8,10,13-14,17-18H,4-5H2,1-2H3. The number of aliphatic hydroxyl groups is 1. The molecule has 4 heteroatoms. The zero-order valence-corrected chi connectivity index (χ0v) is 12.2. The van der Waals surface area contributed by atoms with Gasteiger partial charge in [0.1, 0.15) is 0 Å². The third kappa shape index (κ3) is 3.39. The topological polar surface area (TPSA) is 32.3 Å². The number of nitrogens with one attached hydrogen (secondary N) is 1. The summed E-state index contributed by atoms with van der Waals surface area (Å²) in [5.74, 6) is 0.340. The molecule has 2 unspecified atom stereocenters. The first-order chi connectivity index (χ1) is 8.49. The monoisotopic (exact) mass is 287 g/mol. The highest BCUT2D eigenvalue weighted by Crippen LogP contribution is 2.32. The number of benzene rings is 1. The molecule has 1 aliphatic carbocycles. The predicted octanol–water partition coefficient (Wildman–Crippen LogP) is 3.80. The molecule has 0 spiro atoms. The van der Waals surface area contributed by atoms with Crippen LogP contribution in [0.3, 0.4) is 0 Å². The highest BCUT2D eigenvalue weighted by atomic mass is 35.5. The molecular weight excluding hydrogens is 269 g/mol. The van der Waals surface area contributed by atoms with Crippen molar-refractivity contribution in [2.45, 2.75) is 44.9 Å². The van der Waals surface area contributed by atoms with E-state index in [0.717, 1.165) is 5.56 Å². The summed E-state index contributed by atoms with van der Waals surface area (Å²) in [5.41, 5.74) is 0.743. The fraction of sp³-hybridized carbons (Fsp3) is 0.571. The number of aliphatic hydroxyl groups excluding tert-OH is 1. The van der Waals surface area contributed by atoms with Crippen LogP contribution in [-0.4, -0.2) is 17.2 Å². The normalized spacial score (nSPS) is 19.0. The molecule has 0 aromatic heterocycles. The quantitative estimate of drug-likeness (QED) is 0.863. The largest absolute Gasteiger partial charge is 0.387 e. The molecular formula is C14H19Cl2NO. The fourth-order valence-corrected chi connectivity index (χ4v) is 2.63. The van der Waals surface area contributed by atoms with Gasteiger partial charge >= 0.3 is 0 Å². The van der Waals surface area contributed by atoms with E-state index in [0.29, 0.717) is 22.0 Å². The zero-order chi connectivity index (χ0) is 13.3. The van der Waals surface area contributed by atoms with Crippen LogP contribution >= 0.6 is 23.2 Å². The molecule has 0 saturated heterocycles. The molecule has 2 atom stereocenters. The second-order valence-corrected chi connectivity index (χ2v) is 6.17. The minimum atomic E-state index is -0.602. The average molecular weight is 288 g/mol. The van der Waals surface area contributed by atoms with Crippen molar-refractivity contribution in [2.75, 3.05) is 0 Å². The van der Waals surface area contributed by atoms with E-state index in [-0.39, 0.29) is 6.04 Å². The van der Waals surface area contributed by atoms with Crippen molar-refractivity contribution in [3.05, 3.63) is 33.8 Å². The zero-order valence-electron chi connectivity index (χ0n) is 10.7. The predicted molar refractivity (Wildman–Crippen MR) is 76.2 cm³/mol. The molecule has 2 nitrogen and oxygen atoms in total. The minimum absolute atomic E-state index is 0.0242. The molecule has 1 saturated carbocycles. The maximum Gasteiger partial charge on any atom is 0.0959 e. The van der Waals surface area contributed by atoms with E-state index >= 15 is 0 Å². The molecule has 0 heterocycles. The van der Waals surface area contributed by atoms with E-state index in [9.17, 15) is 5.11 Å². The van der Waals surface area contributed by atoms with Crippen molar-refractivity contribution in [2.24, 2.45) is 5.92 Å². The van der Waals surface area contributed by atoms with Crippen LogP contribution in [0.5, 0.6) is 0 Å². The summed E-state index contributed by atoms with van der Waals surface area (Å²) in [5, 5.41) is 15.1. The van der Waals surface area contributed by atoms with E-state index in [4.69, 9.17) is 23.2 Å². The van der Waals surface area contributed by atoms with E-state index < -0.39 is 6.10 Å². The molecule has 1 fully saturated rings. The van der Waals surface area contributed by atoms with Gasteiger partial charge in [0, 0.05) is 27.7 Å². The molecule has 0 bridgehead atoms. The van der Waals surface area contributed by atoms with Gasteiger partial charge in [-0.15, -0.1) is 0 Å². The summed E-state index contributed by atoms with van der Waals surface area (Å²) in [6.45, 7) is 4.21. The Morgan fingerprint density at radius 1 is 1.28 bits per heavy atom. The van der Waals surface area contributed by atoms with Crippen LogP contribution in [-0.2, 0) is 0 Å². The van der Waals surface area contributed by atoms with Crippen LogP contribution in [0.2, 0.25) is 10.0 Å². The van der Waals surface area contributed by atoms with Crippen molar-refractivity contribution in [3.8, 4) is 0 Å². The van der Waals surface area contributed by atoms with Gasteiger partial charge in [-0.3, -0.25) is 0 Å². The van der Waals surface area contributed by atoms with Crippen molar-refractivity contribution < 1.29 is 5.11 Å². The Hall–Kier alpha value is -0.280. The Morgan fingerprint density at radius 2 is 1.94 bits per heavy atom. The fourth-order valence-electron chi connectivity index (χ4n) is 2.11. The Morgan fingerprint density at radius 3 is 2.44 bits per heavy atom. The van der Waals surface area contributed by atoms with Gasteiger partial charge in [0.2, 0.25) is 0 Å². The lowest BCUT2D eigenvalue weighted by Crippen LogP contribution is -2.40. The molecule has 2 N–H and O–H groups in total.